The molecule has 0 unspecified atom stereocenters. The van der Waals surface area contributed by atoms with Crippen molar-refractivity contribution in [2.24, 2.45) is 8.80 Å². The number of likely N-dealkylation sites (N-methyl/N-ethyl adjacent to an activating group) is 1. The van der Waals surface area contributed by atoms with Crippen LogP contribution in [0.25, 0.3) is 0 Å². The minimum atomic E-state index is -3.71. The van der Waals surface area contributed by atoms with Crippen LogP contribution in [0.5, 0.6) is 0 Å². The van der Waals surface area contributed by atoms with Crippen LogP contribution in [-0.2, 0) is 16.0 Å². The molecular formula is C11H15N5O2S2. The van der Waals surface area contributed by atoms with Gasteiger partial charge in [0.1, 0.15) is 0 Å². The number of amidine groups is 2. The Bertz CT molecular complexity index is 613. The highest BCUT2D eigenvalue weighted by atomic mass is 32.2. The number of thioether (sulfide) groups is 1. The predicted octanol–water partition coefficient (Wildman–Crippen LogP) is 0.179. The van der Waals surface area contributed by atoms with Crippen LogP contribution in [0, 0.1) is 0 Å². The summed E-state index contributed by atoms with van der Waals surface area (Å²) in [6.07, 6.45) is 1.77. The summed E-state index contributed by atoms with van der Waals surface area (Å²) >= 11 is 1.71. The molecule has 1 aliphatic rings. The van der Waals surface area contributed by atoms with Gasteiger partial charge in [0.15, 0.2) is 11.7 Å². The SMILES string of the molecule is CNC1=NS(=O)(=O)N=C1NCCSCc1ccccn1. The smallest absolute Gasteiger partial charge is 0.367 e. The average molecular weight is 313 g/mol. The van der Waals surface area contributed by atoms with Crippen LogP contribution in [0.1, 0.15) is 5.69 Å². The number of hydrogen-bond donors (Lipinski definition) is 2. The first-order valence-corrected chi connectivity index (χ1v) is 8.50. The lowest BCUT2D eigenvalue weighted by molar-refractivity contribution is 0.600. The maximum atomic E-state index is 11.2. The molecule has 7 nitrogen and oxygen atoms in total. The highest BCUT2D eigenvalue weighted by Crippen LogP contribution is 2.09. The quantitative estimate of drug-likeness (QED) is 0.753. The van der Waals surface area contributed by atoms with Crippen LogP contribution < -0.4 is 10.6 Å². The van der Waals surface area contributed by atoms with Gasteiger partial charge >= 0.3 is 10.2 Å². The first-order valence-electron chi connectivity index (χ1n) is 5.95. The topological polar surface area (TPSA) is 95.8 Å². The summed E-state index contributed by atoms with van der Waals surface area (Å²) < 4.78 is 29.4. The second-order valence-corrected chi connectivity index (χ2v) is 6.24. The summed E-state index contributed by atoms with van der Waals surface area (Å²) in [5.41, 5.74) is 1.02. The lowest BCUT2D eigenvalue weighted by atomic mass is 10.4. The van der Waals surface area contributed by atoms with Crippen molar-refractivity contribution in [3.05, 3.63) is 30.1 Å². The molecule has 0 aromatic carbocycles. The van der Waals surface area contributed by atoms with Crippen molar-refractivity contribution in [1.82, 2.24) is 15.6 Å². The monoisotopic (exact) mass is 313 g/mol. The summed E-state index contributed by atoms with van der Waals surface area (Å²) in [6, 6.07) is 5.81. The van der Waals surface area contributed by atoms with Crippen molar-refractivity contribution >= 4 is 33.6 Å². The summed E-state index contributed by atoms with van der Waals surface area (Å²) in [7, 11) is -2.10. The molecule has 0 bridgehead atoms. The molecule has 2 N–H and O–H groups in total. The molecule has 0 radical (unpaired) electrons. The fraction of sp³-hybridized carbons (Fsp3) is 0.364. The van der Waals surface area contributed by atoms with E-state index in [0.29, 0.717) is 6.54 Å². The second kappa shape index (κ2) is 6.71. The highest BCUT2D eigenvalue weighted by Gasteiger charge is 2.22. The lowest BCUT2D eigenvalue weighted by Crippen LogP contribution is -2.37. The Balaban J connectivity index is 1.73. The molecule has 0 saturated carbocycles. The van der Waals surface area contributed by atoms with Crippen molar-refractivity contribution in [2.75, 3.05) is 19.3 Å². The number of nitrogens with one attached hydrogen (secondary N) is 2. The van der Waals surface area contributed by atoms with Crippen LogP contribution in [0.3, 0.4) is 0 Å². The fourth-order valence-corrected chi connectivity index (χ4v) is 3.12. The van der Waals surface area contributed by atoms with E-state index in [-0.39, 0.29) is 11.7 Å². The molecule has 0 aliphatic carbocycles. The summed E-state index contributed by atoms with van der Waals surface area (Å²) in [5.74, 6) is 2.15. The second-order valence-electron chi connectivity index (χ2n) is 3.88. The molecule has 1 aromatic rings. The van der Waals surface area contributed by atoms with Crippen molar-refractivity contribution in [1.29, 1.82) is 0 Å². The zero-order valence-electron chi connectivity index (χ0n) is 10.9. The normalized spacial score (nSPS) is 16.4. The van der Waals surface area contributed by atoms with Gasteiger partial charge in [-0.15, -0.1) is 8.80 Å². The number of hydrogen-bond acceptors (Lipinski definition) is 6. The van der Waals surface area contributed by atoms with Gasteiger partial charge in [0.05, 0.1) is 5.69 Å². The van der Waals surface area contributed by atoms with E-state index in [1.165, 1.54) is 0 Å². The Morgan fingerprint density at radius 1 is 1.25 bits per heavy atom. The van der Waals surface area contributed by atoms with Crippen LogP contribution in [-0.4, -0.2) is 44.4 Å². The molecule has 2 rings (SSSR count). The molecule has 20 heavy (non-hydrogen) atoms. The van der Waals surface area contributed by atoms with Crippen molar-refractivity contribution in [3.63, 3.8) is 0 Å². The fourth-order valence-electron chi connectivity index (χ4n) is 1.52. The molecule has 9 heteroatoms. The Labute approximate surface area is 122 Å². The van der Waals surface area contributed by atoms with Gasteiger partial charge in [-0.05, 0) is 12.1 Å². The molecule has 0 spiro atoms. The molecule has 0 fully saturated rings. The van der Waals surface area contributed by atoms with E-state index in [4.69, 9.17) is 0 Å². The Morgan fingerprint density at radius 3 is 2.75 bits per heavy atom. The molecule has 0 atom stereocenters. The van der Waals surface area contributed by atoms with Crippen molar-refractivity contribution in [3.8, 4) is 0 Å². The van der Waals surface area contributed by atoms with E-state index in [0.717, 1.165) is 17.2 Å². The number of pyridine rings is 1. The first-order chi connectivity index (χ1) is 9.61. The van der Waals surface area contributed by atoms with Gasteiger partial charge in [-0.1, -0.05) is 6.07 Å². The average Bonchev–Trinajstić information content (AvgIpc) is 2.74. The number of nitrogens with zero attached hydrogens (tertiary/aromatic N) is 3. The third-order valence-electron chi connectivity index (χ3n) is 2.39. The third-order valence-corrected chi connectivity index (χ3v) is 4.21. The van der Waals surface area contributed by atoms with Crippen LogP contribution in [0.2, 0.25) is 0 Å². The van der Waals surface area contributed by atoms with E-state index in [2.05, 4.69) is 24.4 Å². The Hall–Kier alpha value is -1.61. The lowest BCUT2D eigenvalue weighted by Gasteiger charge is -2.06. The highest BCUT2D eigenvalue weighted by molar-refractivity contribution is 7.98. The van der Waals surface area contributed by atoms with Crippen molar-refractivity contribution < 1.29 is 8.42 Å². The summed E-state index contributed by atoms with van der Waals surface area (Å²) in [4.78, 5) is 4.22. The zero-order valence-corrected chi connectivity index (χ0v) is 12.5. The predicted molar refractivity (Wildman–Crippen MR) is 81.3 cm³/mol. The van der Waals surface area contributed by atoms with Gasteiger partial charge < -0.3 is 10.6 Å². The van der Waals surface area contributed by atoms with E-state index < -0.39 is 10.2 Å². The minimum absolute atomic E-state index is 0.250. The molecule has 0 amide bonds. The largest absolute Gasteiger partial charge is 0.369 e. The molecule has 2 heterocycles. The van der Waals surface area contributed by atoms with E-state index in [1.54, 1.807) is 25.0 Å². The van der Waals surface area contributed by atoms with Gasteiger partial charge in [-0.2, -0.15) is 20.2 Å². The standard InChI is InChI=1S/C11H15N5O2S2/c1-12-10-11(16-20(17,18)15-10)14-6-7-19-8-9-4-2-3-5-13-9/h2-5H,6-8H2,1H3,(H,12,15)(H,14,16). The van der Waals surface area contributed by atoms with Crippen LogP contribution in [0.4, 0.5) is 0 Å². The molecule has 1 aliphatic heterocycles. The minimum Gasteiger partial charge on any atom is -0.369 e. The zero-order chi connectivity index (χ0) is 14.4. The number of aromatic nitrogens is 1. The van der Waals surface area contributed by atoms with Crippen molar-refractivity contribution in [2.45, 2.75) is 5.75 Å². The third kappa shape index (κ3) is 4.20. The Morgan fingerprint density at radius 2 is 2.05 bits per heavy atom. The van der Waals surface area contributed by atoms with Gasteiger partial charge in [-0.3, -0.25) is 4.98 Å². The first kappa shape index (κ1) is 14.8. The van der Waals surface area contributed by atoms with Gasteiger partial charge in [-0.25, -0.2) is 0 Å². The van der Waals surface area contributed by atoms with Gasteiger partial charge in [0, 0.05) is 31.3 Å². The number of rotatable bonds is 5. The van der Waals surface area contributed by atoms with E-state index in [9.17, 15) is 8.42 Å². The van der Waals surface area contributed by atoms with Crippen LogP contribution in [0.15, 0.2) is 33.2 Å². The maximum Gasteiger partial charge on any atom is 0.367 e. The van der Waals surface area contributed by atoms with Gasteiger partial charge in [0.2, 0.25) is 0 Å². The molecule has 0 saturated heterocycles. The van der Waals surface area contributed by atoms with Gasteiger partial charge in [0.25, 0.3) is 0 Å². The van der Waals surface area contributed by atoms with E-state index in [1.807, 2.05) is 18.2 Å². The van der Waals surface area contributed by atoms with Crippen LogP contribution >= 0.6 is 11.8 Å². The molecular weight excluding hydrogens is 298 g/mol. The maximum absolute atomic E-state index is 11.2. The molecule has 108 valence electrons. The molecule has 1 aromatic heterocycles. The summed E-state index contributed by atoms with van der Waals surface area (Å²) in [5, 5.41) is 5.66. The summed E-state index contributed by atoms with van der Waals surface area (Å²) in [6.45, 7) is 0.604. The van der Waals surface area contributed by atoms with E-state index >= 15 is 0 Å². The Kier molecular flexibility index (Phi) is 4.96.